The lowest BCUT2D eigenvalue weighted by Gasteiger charge is -2.57. The van der Waals surface area contributed by atoms with Gasteiger partial charge in [0, 0.05) is 11.8 Å². The molecule has 0 unspecified atom stereocenters. The number of fused-ring (bicyclic) bond motifs is 5. The van der Waals surface area contributed by atoms with Gasteiger partial charge in [-0.25, -0.2) is 0 Å². The van der Waals surface area contributed by atoms with Crippen LogP contribution in [-0.2, 0) is 4.79 Å². The van der Waals surface area contributed by atoms with Gasteiger partial charge >= 0.3 is 0 Å². The van der Waals surface area contributed by atoms with Crippen molar-refractivity contribution in [1.29, 1.82) is 0 Å². The van der Waals surface area contributed by atoms with Gasteiger partial charge in [-0.3, -0.25) is 4.79 Å². The highest BCUT2D eigenvalue weighted by Gasteiger charge is 2.63. The largest absolute Gasteiger partial charge is 0.377 e. The third-order valence-electron chi connectivity index (χ3n) is 7.94. The smallest absolute Gasteiger partial charge is 0.155 e. The van der Waals surface area contributed by atoms with Crippen molar-refractivity contribution in [2.24, 2.45) is 35.0 Å². The van der Waals surface area contributed by atoms with E-state index in [4.69, 9.17) is 6.42 Å². The molecule has 7 atom stereocenters. The SMILES string of the molecule is C#C[C@]1(O)CC[C@H]2[C@H]3[C@H](C(=C)C[C@@]21C)[C@H]1CCC(=O)C=C1C[C@H]3C. The second kappa shape index (κ2) is 5.09. The molecule has 0 amide bonds. The number of hydrogen-bond donors (Lipinski definition) is 1. The zero-order chi connectivity index (χ0) is 17.3. The van der Waals surface area contributed by atoms with E-state index in [0.717, 1.165) is 25.7 Å². The number of allylic oxidation sites excluding steroid dienone is 2. The molecule has 0 saturated heterocycles. The summed E-state index contributed by atoms with van der Waals surface area (Å²) in [5.74, 6) is 5.49. The molecule has 0 spiro atoms. The van der Waals surface area contributed by atoms with Crippen LogP contribution in [-0.4, -0.2) is 16.5 Å². The molecule has 0 aromatic rings. The van der Waals surface area contributed by atoms with Crippen LogP contribution in [0.1, 0.15) is 52.4 Å². The van der Waals surface area contributed by atoms with Crippen LogP contribution in [0.5, 0.6) is 0 Å². The van der Waals surface area contributed by atoms with Gasteiger partial charge in [0.25, 0.3) is 0 Å². The molecule has 2 heteroatoms. The zero-order valence-electron chi connectivity index (χ0n) is 14.8. The highest BCUT2D eigenvalue weighted by molar-refractivity contribution is 5.91. The van der Waals surface area contributed by atoms with Gasteiger partial charge in [0.15, 0.2) is 5.78 Å². The summed E-state index contributed by atoms with van der Waals surface area (Å²) in [6.45, 7) is 8.97. The Kier molecular flexibility index (Phi) is 3.42. The summed E-state index contributed by atoms with van der Waals surface area (Å²) in [6.07, 6.45) is 12.9. The van der Waals surface area contributed by atoms with Crippen LogP contribution < -0.4 is 0 Å². The quantitative estimate of drug-likeness (QED) is 0.542. The topological polar surface area (TPSA) is 37.3 Å². The van der Waals surface area contributed by atoms with E-state index in [2.05, 4.69) is 26.3 Å². The van der Waals surface area contributed by atoms with Gasteiger partial charge in [-0.2, -0.15) is 0 Å². The van der Waals surface area contributed by atoms with E-state index < -0.39 is 5.60 Å². The second-order valence-corrected chi connectivity index (χ2v) is 9.02. The molecule has 4 rings (SSSR count). The predicted octanol–water partition coefficient (Wildman–Crippen LogP) is 3.90. The van der Waals surface area contributed by atoms with E-state index in [1.807, 2.05) is 6.08 Å². The first-order valence-electron chi connectivity index (χ1n) is 9.42. The van der Waals surface area contributed by atoms with Crippen molar-refractivity contribution < 1.29 is 9.90 Å². The van der Waals surface area contributed by atoms with Crippen LogP contribution >= 0.6 is 0 Å². The minimum absolute atomic E-state index is 0.250. The fourth-order valence-corrected chi connectivity index (χ4v) is 6.82. The number of carbonyl (C=O) groups is 1. The Labute approximate surface area is 145 Å². The molecular formula is C22H28O2. The van der Waals surface area contributed by atoms with Crippen LogP contribution in [0.4, 0.5) is 0 Å². The van der Waals surface area contributed by atoms with E-state index in [0.29, 0.717) is 48.2 Å². The third kappa shape index (κ3) is 1.91. The number of hydrogen-bond acceptors (Lipinski definition) is 2. The van der Waals surface area contributed by atoms with Crippen molar-refractivity contribution >= 4 is 5.78 Å². The average Bonchev–Trinajstić information content (AvgIpc) is 2.79. The molecule has 1 N–H and O–H groups in total. The Morgan fingerprint density at radius 1 is 1.42 bits per heavy atom. The van der Waals surface area contributed by atoms with Crippen molar-refractivity contribution in [2.75, 3.05) is 0 Å². The number of carbonyl (C=O) groups excluding carboxylic acids is 1. The fraction of sp³-hybridized carbons (Fsp3) is 0.682. The maximum Gasteiger partial charge on any atom is 0.155 e. The standard InChI is InChI=1S/C22H28O2/c1-5-22(24)9-8-18-20-13(2)10-15-11-16(23)6-7-17(15)19(20)14(3)12-21(18,22)4/h1,11,13,17-20,24H,3,6-10,12H2,2,4H3/t13-,17+,18+,19-,20+,21+,22+/m1/s1. The van der Waals surface area contributed by atoms with Crippen molar-refractivity contribution in [2.45, 2.75) is 58.0 Å². The van der Waals surface area contributed by atoms with Gasteiger partial charge in [-0.1, -0.05) is 37.5 Å². The summed E-state index contributed by atoms with van der Waals surface area (Å²) >= 11 is 0. The summed E-state index contributed by atoms with van der Waals surface area (Å²) in [5.41, 5.74) is 1.37. The molecule has 3 fully saturated rings. The lowest BCUT2D eigenvalue weighted by molar-refractivity contribution is -0.116. The Balaban J connectivity index is 1.77. The summed E-state index contributed by atoms with van der Waals surface area (Å²) in [5, 5.41) is 11.1. The summed E-state index contributed by atoms with van der Waals surface area (Å²) in [6, 6.07) is 0. The van der Waals surface area contributed by atoms with Crippen LogP contribution in [0.3, 0.4) is 0 Å². The number of aliphatic hydroxyl groups is 1. The van der Waals surface area contributed by atoms with Crippen molar-refractivity contribution in [1.82, 2.24) is 0 Å². The Bertz CT molecular complexity index is 681. The molecule has 2 nitrogen and oxygen atoms in total. The predicted molar refractivity (Wildman–Crippen MR) is 94.9 cm³/mol. The molecule has 0 radical (unpaired) electrons. The van der Waals surface area contributed by atoms with E-state index in [9.17, 15) is 9.90 Å². The van der Waals surface area contributed by atoms with Crippen molar-refractivity contribution in [3.8, 4) is 12.3 Å². The van der Waals surface area contributed by atoms with Gasteiger partial charge in [-0.15, -0.1) is 6.42 Å². The first kappa shape index (κ1) is 16.2. The molecule has 0 aromatic heterocycles. The van der Waals surface area contributed by atoms with Gasteiger partial charge in [0.2, 0.25) is 0 Å². The van der Waals surface area contributed by atoms with Crippen molar-refractivity contribution in [3.05, 3.63) is 23.8 Å². The van der Waals surface area contributed by atoms with E-state index in [-0.39, 0.29) is 5.41 Å². The zero-order valence-corrected chi connectivity index (χ0v) is 14.8. The van der Waals surface area contributed by atoms with E-state index in [1.54, 1.807) is 0 Å². The van der Waals surface area contributed by atoms with Gasteiger partial charge < -0.3 is 5.11 Å². The molecule has 0 bridgehead atoms. The van der Waals surface area contributed by atoms with Crippen LogP contribution in [0.15, 0.2) is 23.8 Å². The van der Waals surface area contributed by atoms with Crippen LogP contribution in [0, 0.1) is 47.3 Å². The van der Waals surface area contributed by atoms with Gasteiger partial charge in [0.1, 0.15) is 5.60 Å². The van der Waals surface area contributed by atoms with Crippen LogP contribution in [0.25, 0.3) is 0 Å². The molecule has 4 aliphatic carbocycles. The molecule has 128 valence electrons. The molecule has 0 heterocycles. The van der Waals surface area contributed by atoms with Crippen LogP contribution in [0.2, 0.25) is 0 Å². The Morgan fingerprint density at radius 3 is 2.88 bits per heavy atom. The highest BCUT2D eigenvalue weighted by Crippen LogP contribution is 2.66. The average molecular weight is 324 g/mol. The lowest BCUT2D eigenvalue weighted by Crippen LogP contribution is -2.54. The second-order valence-electron chi connectivity index (χ2n) is 9.02. The molecule has 0 aliphatic heterocycles. The molecule has 24 heavy (non-hydrogen) atoms. The maximum atomic E-state index is 11.9. The van der Waals surface area contributed by atoms with Crippen molar-refractivity contribution in [3.63, 3.8) is 0 Å². The number of terminal acetylenes is 1. The summed E-state index contributed by atoms with van der Waals surface area (Å²) < 4.78 is 0. The first-order chi connectivity index (χ1) is 11.3. The molecule has 0 aromatic carbocycles. The lowest BCUT2D eigenvalue weighted by atomic mass is 9.47. The monoisotopic (exact) mass is 324 g/mol. The maximum absolute atomic E-state index is 11.9. The fourth-order valence-electron chi connectivity index (χ4n) is 6.82. The normalized spacial score (nSPS) is 50.4. The Morgan fingerprint density at radius 2 is 2.17 bits per heavy atom. The molecule has 3 saturated carbocycles. The van der Waals surface area contributed by atoms with Gasteiger partial charge in [-0.05, 0) is 67.8 Å². The minimum Gasteiger partial charge on any atom is -0.377 e. The first-order valence-corrected chi connectivity index (χ1v) is 9.42. The Hall–Kier alpha value is -1.33. The van der Waals surface area contributed by atoms with Gasteiger partial charge in [0.05, 0.1) is 0 Å². The third-order valence-corrected chi connectivity index (χ3v) is 7.94. The number of ketones is 1. The van der Waals surface area contributed by atoms with E-state index >= 15 is 0 Å². The summed E-state index contributed by atoms with van der Waals surface area (Å²) in [4.78, 5) is 11.9. The molecular weight excluding hydrogens is 296 g/mol. The highest BCUT2D eigenvalue weighted by atomic mass is 16.3. The van der Waals surface area contributed by atoms with E-state index in [1.165, 1.54) is 11.1 Å². The summed E-state index contributed by atoms with van der Waals surface area (Å²) in [7, 11) is 0. The molecule has 4 aliphatic rings. The minimum atomic E-state index is -0.996. The number of rotatable bonds is 0.